The fraction of sp³-hybridized carbons (Fsp3) is 0.684. The molecule has 1 saturated heterocycles. The molecule has 0 aromatic heterocycles. The van der Waals surface area contributed by atoms with Crippen LogP contribution in [-0.2, 0) is 11.3 Å². The van der Waals surface area contributed by atoms with Crippen molar-refractivity contribution in [2.45, 2.75) is 37.9 Å². The first-order chi connectivity index (χ1) is 11.3. The van der Waals surface area contributed by atoms with Gasteiger partial charge in [0.1, 0.15) is 0 Å². The van der Waals surface area contributed by atoms with E-state index in [0.29, 0.717) is 12.1 Å². The van der Waals surface area contributed by atoms with E-state index in [4.69, 9.17) is 4.74 Å². The maximum absolute atomic E-state index is 5.65. The molecule has 3 atom stereocenters. The van der Waals surface area contributed by atoms with Gasteiger partial charge in [0.15, 0.2) is 0 Å². The number of likely N-dealkylation sites (N-methyl/N-ethyl adjacent to an activating group) is 1. The molecule has 0 bridgehead atoms. The molecule has 1 saturated carbocycles. The average molecular weight is 354 g/mol. The van der Waals surface area contributed by atoms with Gasteiger partial charge in [0, 0.05) is 38.3 Å². The minimum Gasteiger partial charge on any atom is -0.379 e. The van der Waals surface area contributed by atoms with Crippen molar-refractivity contribution in [1.82, 2.24) is 15.5 Å². The highest BCUT2D eigenvalue weighted by Crippen LogP contribution is 2.29. The lowest BCUT2D eigenvalue weighted by Gasteiger charge is -2.33. The molecule has 4 nitrogen and oxygen atoms in total. The lowest BCUT2D eigenvalue weighted by atomic mass is 9.94. The Labute approximate surface area is 152 Å². The normalized spacial score (nSPS) is 27.2. The topological polar surface area (TPSA) is 36.5 Å². The Bertz CT molecular complexity index is 453. The molecule has 3 unspecified atom stereocenters. The van der Waals surface area contributed by atoms with Gasteiger partial charge < -0.3 is 20.3 Å². The standard InChI is InChI=1S/C19H31N3O.ClH/c1-22(14-16-6-3-2-4-7-16)12-10-20-18-9-5-8-17(18)19-15-23-13-11-21-19;/h2-4,6-7,17-21H,5,8-15H2,1H3;1H. The summed E-state index contributed by atoms with van der Waals surface area (Å²) in [6, 6.07) is 11.9. The molecule has 3 rings (SSSR count). The van der Waals surface area contributed by atoms with Gasteiger partial charge in [-0.05, 0) is 31.4 Å². The SMILES string of the molecule is CN(CCNC1CCCC1C1COCCN1)Cc1ccccc1.Cl. The summed E-state index contributed by atoms with van der Waals surface area (Å²) in [5.74, 6) is 0.731. The van der Waals surface area contributed by atoms with Gasteiger partial charge in [-0.1, -0.05) is 36.8 Å². The molecule has 5 heteroatoms. The second-order valence-electron chi connectivity index (χ2n) is 7.01. The Morgan fingerprint density at radius 2 is 2.08 bits per heavy atom. The van der Waals surface area contributed by atoms with Crippen LogP contribution in [0.2, 0.25) is 0 Å². The molecule has 2 aliphatic rings. The molecule has 136 valence electrons. The zero-order valence-corrected chi connectivity index (χ0v) is 15.6. The van der Waals surface area contributed by atoms with E-state index in [1.807, 2.05) is 0 Å². The molecule has 0 radical (unpaired) electrons. The number of hydrogen-bond donors (Lipinski definition) is 2. The zero-order valence-electron chi connectivity index (χ0n) is 14.7. The summed E-state index contributed by atoms with van der Waals surface area (Å²) in [6.45, 7) is 5.94. The molecule has 0 amide bonds. The number of hydrogen-bond acceptors (Lipinski definition) is 4. The maximum Gasteiger partial charge on any atom is 0.0623 e. The van der Waals surface area contributed by atoms with Crippen LogP contribution in [0.25, 0.3) is 0 Å². The first kappa shape index (κ1) is 19.7. The molecule has 2 N–H and O–H groups in total. The van der Waals surface area contributed by atoms with Crippen LogP contribution in [0.1, 0.15) is 24.8 Å². The maximum atomic E-state index is 5.65. The fourth-order valence-corrected chi connectivity index (χ4v) is 4.00. The second-order valence-corrected chi connectivity index (χ2v) is 7.01. The van der Waals surface area contributed by atoms with Crippen LogP contribution in [0.15, 0.2) is 30.3 Å². The number of benzene rings is 1. The fourth-order valence-electron chi connectivity index (χ4n) is 4.00. The minimum atomic E-state index is 0. The number of halogens is 1. The van der Waals surface area contributed by atoms with Crippen molar-refractivity contribution in [2.75, 3.05) is 39.9 Å². The minimum absolute atomic E-state index is 0. The van der Waals surface area contributed by atoms with Crippen LogP contribution < -0.4 is 10.6 Å². The van der Waals surface area contributed by atoms with E-state index < -0.39 is 0 Å². The number of nitrogens with zero attached hydrogens (tertiary/aromatic N) is 1. The van der Waals surface area contributed by atoms with Gasteiger partial charge in [0.05, 0.1) is 13.2 Å². The molecule has 1 heterocycles. The summed E-state index contributed by atoms with van der Waals surface area (Å²) in [6.07, 6.45) is 3.99. The summed E-state index contributed by atoms with van der Waals surface area (Å²) in [5.41, 5.74) is 1.39. The number of rotatable bonds is 7. The van der Waals surface area contributed by atoms with Gasteiger partial charge in [-0.2, -0.15) is 0 Å². The molecular formula is C19H32ClN3O. The number of ether oxygens (including phenoxy) is 1. The Hall–Kier alpha value is -0.650. The van der Waals surface area contributed by atoms with Gasteiger partial charge in [-0.15, -0.1) is 12.4 Å². The van der Waals surface area contributed by atoms with Crippen LogP contribution in [-0.4, -0.2) is 56.9 Å². The Morgan fingerprint density at radius 3 is 2.83 bits per heavy atom. The third kappa shape index (κ3) is 5.71. The van der Waals surface area contributed by atoms with Crippen molar-refractivity contribution >= 4 is 12.4 Å². The highest BCUT2D eigenvalue weighted by atomic mass is 35.5. The van der Waals surface area contributed by atoms with E-state index in [9.17, 15) is 0 Å². The van der Waals surface area contributed by atoms with Gasteiger partial charge in [0.2, 0.25) is 0 Å². The Balaban J connectivity index is 0.00000208. The lowest BCUT2D eigenvalue weighted by molar-refractivity contribution is 0.0524. The van der Waals surface area contributed by atoms with Crippen molar-refractivity contribution in [3.8, 4) is 0 Å². The van der Waals surface area contributed by atoms with Crippen molar-refractivity contribution in [3.63, 3.8) is 0 Å². The predicted octanol–water partition coefficient (Wildman–Crippen LogP) is 2.29. The van der Waals surface area contributed by atoms with Crippen molar-refractivity contribution in [3.05, 3.63) is 35.9 Å². The van der Waals surface area contributed by atoms with E-state index in [-0.39, 0.29) is 12.4 Å². The van der Waals surface area contributed by atoms with E-state index in [1.165, 1.54) is 24.8 Å². The molecule has 2 fully saturated rings. The predicted molar refractivity (Wildman–Crippen MR) is 102 cm³/mol. The molecule has 1 aromatic rings. The molecular weight excluding hydrogens is 322 g/mol. The lowest BCUT2D eigenvalue weighted by Crippen LogP contribution is -2.51. The molecule has 1 aromatic carbocycles. The van der Waals surface area contributed by atoms with E-state index >= 15 is 0 Å². The van der Waals surface area contributed by atoms with E-state index in [0.717, 1.165) is 45.3 Å². The van der Waals surface area contributed by atoms with Crippen LogP contribution in [0.3, 0.4) is 0 Å². The Kier molecular flexibility index (Phi) is 8.50. The Morgan fingerprint density at radius 1 is 1.25 bits per heavy atom. The number of nitrogens with one attached hydrogen (secondary N) is 2. The molecule has 1 aliphatic heterocycles. The second kappa shape index (κ2) is 10.4. The molecule has 24 heavy (non-hydrogen) atoms. The summed E-state index contributed by atoms with van der Waals surface area (Å²) in [7, 11) is 2.21. The van der Waals surface area contributed by atoms with Crippen molar-refractivity contribution in [2.24, 2.45) is 5.92 Å². The van der Waals surface area contributed by atoms with Crippen LogP contribution in [0.5, 0.6) is 0 Å². The third-order valence-electron chi connectivity index (χ3n) is 5.23. The summed E-state index contributed by atoms with van der Waals surface area (Å²) in [4.78, 5) is 2.40. The number of morpholine rings is 1. The first-order valence-corrected chi connectivity index (χ1v) is 9.10. The molecule has 0 spiro atoms. The van der Waals surface area contributed by atoms with Gasteiger partial charge >= 0.3 is 0 Å². The monoisotopic (exact) mass is 353 g/mol. The van der Waals surface area contributed by atoms with Crippen LogP contribution in [0, 0.1) is 5.92 Å². The highest BCUT2D eigenvalue weighted by molar-refractivity contribution is 5.85. The summed E-state index contributed by atoms with van der Waals surface area (Å²) < 4.78 is 5.65. The van der Waals surface area contributed by atoms with Crippen LogP contribution >= 0.6 is 12.4 Å². The highest BCUT2D eigenvalue weighted by Gasteiger charge is 2.34. The smallest absolute Gasteiger partial charge is 0.0623 e. The third-order valence-corrected chi connectivity index (χ3v) is 5.23. The molecule has 1 aliphatic carbocycles. The largest absolute Gasteiger partial charge is 0.379 e. The van der Waals surface area contributed by atoms with Crippen molar-refractivity contribution in [1.29, 1.82) is 0 Å². The quantitative estimate of drug-likeness (QED) is 0.788. The van der Waals surface area contributed by atoms with Gasteiger partial charge in [-0.3, -0.25) is 0 Å². The van der Waals surface area contributed by atoms with Crippen molar-refractivity contribution < 1.29 is 4.74 Å². The van der Waals surface area contributed by atoms with E-state index in [1.54, 1.807) is 0 Å². The van der Waals surface area contributed by atoms with Gasteiger partial charge in [0.25, 0.3) is 0 Å². The van der Waals surface area contributed by atoms with E-state index in [2.05, 4.69) is 52.9 Å². The van der Waals surface area contributed by atoms with Gasteiger partial charge in [-0.25, -0.2) is 0 Å². The summed E-state index contributed by atoms with van der Waals surface area (Å²) >= 11 is 0. The van der Waals surface area contributed by atoms with Crippen LogP contribution in [0.4, 0.5) is 0 Å². The zero-order chi connectivity index (χ0) is 15.9. The summed E-state index contributed by atoms with van der Waals surface area (Å²) in [5, 5.41) is 7.46. The average Bonchev–Trinajstić information content (AvgIpc) is 3.05. The first-order valence-electron chi connectivity index (χ1n) is 9.10.